The van der Waals surface area contributed by atoms with Gasteiger partial charge in [0, 0.05) is 0 Å². The highest BCUT2D eigenvalue weighted by Crippen LogP contribution is 2.17. The lowest BCUT2D eigenvalue weighted by Crippen LogP contribution is -2.32. The zero-order valence-electron chi connectivity index (χ0n) is 18.9. The van der Waals surface area contributed by atoms with Crippen molar-refractivity contribution in [1.82, 2.24) is 0 Å². The number of rotatable bonds is 13. The molecule has 0 rings (SSSR count). The predicted octanol–water partition coefficient (Wildman–Crippen LogP) is 2.26. The third-order valence-electron chi connectivity index (χ3n) is 3.34. The molecule has 2 N–H and O–H groups in total. The number of ether oxygens (including phenoxy) is 1. The summed E-state index contributed by atoms with van der Waals surface area (Å²) in [4.78, 5) is 11.4. The summed E-state index contributed by atoms with van der Waals surface area (Å²) >= 11 is 0. The lowest BCUT2D eigenvalue weighted by atomic mass is 10.3. The van der Waals surface area contributed by atoms with E-state index in [-0.39, 0.29) is 0 Å². The molecule has 0 aliphatic heterocycles. The fourth-order valence-electron chi connectivity index (χ4n) is 2.02. The van der Waals surface area contributed by atoms with Crippen LogP contribution in [0, 0.1) is 0 Å². The minimum Gasteiger partial charge on any atom is -0.461 e. The quantitative estimate of drug-likeness (QED) is 0.247. The first-order valence-electron chi connectivity index (χ1n) is 9.69. The molecule has 0 atom stereocenters. The summed E-state index contributed by atoms with van der Waals surface area (Å²) < 4.78 is 23.9. The second-order valence-electron chi connectivity index (χ2n) is 9.67. The second kappa shape index (κ2) is 12.0. The van der Waals surface area contributed by atoms with Gasteiger partial charge in [-0.15, -0.1) is 0 Å². The van der Waals surface area contributed by atoms with Gasteiger partial charge in [-0.3, -0.25) is 0 Å². The first-order valence-corrected chi connectivity index (χ1v) is 24.1. The maximum atomic E-state index is 11.4. The number of carbonyl (C=O) groups excluding carboxylic acids is 1. The van der Waals surface area contributed by atoms with Gasteiger partial charge in [0.25, 0.3) is 0 Å². The molecule has 1 amide bonds. The van der Waals surface area contributed by atoms with Gasteiger partial charge < -0.3 is 22.8 Å². The van der Waals surface area contributed by atoms with E-state index in [4.69, 9.17) is 22.8 Å². The number of amides is 1. The van der Waals surface area contributed by atoms with Crippen LogP contribution in [-0.2, 0) is 17.1 Å². The smallest absolute Gasteiger partial charge is 0.409 e. The standard InChI is InChI=1S/C15H41NO5Si6/c1-25(2,3)19-22-12-10-11-13(23-20-26(4,5)6)14(18-15(16)17)24-21-27(7,8)9/h10-12,22-24H2,1-9H3,(H2,16,17). The molecule has 0 saturated carbocycles. The molecule has 0 aromatic rings. The van der Waals surface area contributed by atoms with Crippen molar-refractivity contribution in [3.8, 4) is 0 Å². The van der Waals surface area contributed by atoms with Crippen LogP contribution in [0.2, 0.25) is 65.0 Å². The van der Waals surface area contributed by atoms with E-state index in [2.05, 4.69) is 58.9 Å². The maximum Gasteiger partial charge on any atom is 0.409 e. The molecular weight excluding hydrogens is 443 g/mol. The summed E-state index contributed by atoms with van der Waals surface area (Å²) in [6.07, 6.45) is 1.22. The highest BCUT2D eigenvalue weighted by atomic mass is 28.4. The van der Waals surface area contributed by atoms with Gasteiger partial charge in [-0.1, -0.05) is 6.42 Å². The third-order valence-corrected chi connectivity index (χ3v) is 19.0. The molecule has 0 aromatic carbocycles. The van der Waals surface area contributed by atoms with Crippen LogP contribution in [0.25, 0.3) is 0 Å². The fourth-order valence-corrected chi connectivity index (χ4v) is 12.0. The Hall–Kier alpha value is 0.191. The van der Waals surface area contributed by atoms with Crippen molar-refractivity contribution >= 4 is 60.3 Å². The lowest BCUT2D eigenvalue weighted by molar-refractivity contribution is 0.191. The average Bonchev–Trinajstić information content (AvgIpc) is 2.43. The molecule has 0 aliphatic carbocycles. The SMILES string of the molecule is C[Si](C)(C)O[SiH2]CCCC([SiH2]O[Si](C)(C)C)=C(OC(N)=O)[SiH2]O[Si](C)(C)C. The molecular formula is C15H41NO5Si6. The molecule has 0 unspecified atom stereocenters. The molecule has 0 aliphatic rings. The van der Waals surface area contributed by atoms with Gasteiger partial charge in [-0.25, -0.2) is 4.79 Å². The van der Waals surface area contributed by atoms with E-state index in [1.807, 2.05) is 0 Å². The van der Waals surface area contributed by atoms with E-state index in [1.54, 1.807) is 0 Å². The van der Waals surface area contributed by atoms with Gasteiger partial charge in [0.1, 0.15) is 15.1 Å². The molecule has 0 spiro atoms. The molecule has 6 nitrogen and oxygen atoms in total. The Kier molecular flexibility index (Phi) is 12.1. The van der Waals surface area contributed by atoms with Crippen molar-refractivity contribution in [2.24, 2.45) is 5.73 Å². The zero-order valence-corrected chi connectivity index (χ0v) is 26.1. The number of hydrogen-bond acceptors (Lipinski definition) is 5. The van der Waals surface area contributed by atoms with E-state index < -0.39 is 60.3 Å². The molecule has 0 aromatic heterocycles. The summed E-state index contributed by atoms with van der Waals surface area (Å²) in [7, 11) is -7.23. The topological polar surface area (TPSA) is 80.0 Å². The molecule has 0 bridgehead atoms. The minimum absolute atomic E-state index is 0.481. The van der Waals surface area contributed by atoms with Gasteiger partial charge in [0.05, 0.1) is 0 Å². The van der Waals surface area contributed by atoms with Crippen LogP contribution in [0.4, 0.5) is 4.79 Å². The van der Waals surface area contributed by atoms with Crippen LogP contribution < -0.4 is 5.73 Å². The summed E-state index contributed by atoms with van der Waals surface area (Å²) in [5.74, 6) is 0. The van der Waals surface area contributed by atoms with E-state index in [9.17, 15) is 4.79 Å². The predicted molar refractivity (Wildman–Crippen MR) is 131 cm³/mol. The Morgan fingerprint density at radius 3 is 1.74 bits per heavy atom. The van der Waals surface area contributed by atoms with Crippen molar-refractivity contribution in [1.29, 1.82) is 0 Å². The zero-order chi connectivity index (χ0) is 21.3. The van der Waals surface area contributed by atoms with Gasteiger partial charge in [-0.05, 0) is 76.6 Å². The first kappa shape index (κ1) is 27.2. The normalized spacial score (nSPS) is 15.4. The Morgan fingerprint density at radius 1 is 0.815 bits per heavy atom. The first-order chi connectivity index (χ1) is 12.1. The Balaban J connectivity index is 5.13. The number of allylic oxidation sites excluding steroid dienone is 1. The number of hydrogen-bond donors (Lipinski definition) is 1. The fraction of sp³-hybridized carbons (Fsp3) is 0.800. The van der Waals surface area contributed by atoms with Crippen LogP contribution in [0.15, 0.2) is 10.6 Å². The molecule has 0 heterocycles. The largest absolute Gasteiger partial charge is 0.461 e. The monoisotopic (exact) mass is 483 g/mol. The number of primary amides is 1. The Morgan fingerprint density at radius 2 is 1.30 bits per heavy atom. The number of nitrogens with two attached hydrogens (primary N) is 1. The van der Waals surface area contributed by atoms with Crippen molar-refractivity contribution in [3.63, 3.8) is 0 Å². The van der Waals surface area contributed by atoms with E-state index in [1.165, 1.54) is 5.20 Å². The summed E-state index contributed by atoms with van der Waals surface area (Å²) in [5.41, 5.74) is 5.33. The van der Waals surface area contributed by atoms with Crippen LogP contribution in [0.5, 0.6) is 0 Å². The van der Waals surface area contributed by atoms with Gasteiger partial charge in [0.2, 0.25) is 9.76 Å². The van der Waals surface area contributed by atoms with Crippen LogP contribution in [-0.4, -0.2) is 60.3 Å². The van der Waals surface area contributed by atoms with Gasteiger partial charge in [-0.2, -0.15) is 0 Å². The second-order valence-corrected chi connectivity index (χ2v) is 29.0. The highest BCUT2D eigenvalue weighted by molar-refractivity contribution is 6.76. The molecule has 160 valence electrons. The summed E-state index contributed by atoms with van der Waals surface area (Å²) in [6.45, 7) is 19.7. The third kappa shape index (κ3) is 18.0. The van der Waals surface area contributed by atoms with Crippen LogP contribution in [0.3, 0.4) is 0 Å². The average molecular weight is 484 g/mol. The molecule has 0 fully saturated rings. The maximum absolute atomic E-state index is 11.4. The van der Waals surface area contributed by atoms with Crippen molar-refractivity contribution in [2.45, 2.75) is 77.8 Å². The van der Waals surface area contributed by atoms with Crippen LogP contribution >= 0.6 is 0 Å². The minimum atomic E-state index is -1.67. The van der Waals surface area contributed by atoms with Crippen molar-refractivity contribution in [2.75, 3.05) is 0 Å². The van der Waals surface area contributed by atoms with E-state index in [0.717, 1.165) is 24.3 Å². The lowest BCUT2D eigenvalue weighted by Gasteiger charge is -2.23. The summed E-state index contributed by atoms with van der Waals surface area (Å²) in [5, 5.41) is 1.91. The number of carbonyl (C=O) groups is 1. The van der Waals surface area contributed by atoms with E-state index >= 15 is 0 Å². The van der Waals surface area contributed by atoms with Crippen molar-refractivity contribution in [3.05, 3.63) is 10.6 Å². The molecule has 12 heteroatoms. The van der Waals surface area contributed by atoms with Gasteiger partial charge in [0.15, 0.2) is 34.7 Å². The highest BCUT2D eigenvalue weighted by Gasteiger charge is 2.22. The van der Waals surface area contributed by atoms with E-state index in [0.29, 0.717) is 0 Å². The molecule has 27 heavy (non-hydrogen) atoms. The summed E-state index contributed by atoms with van der Waals surface area (Å²) in [6, 6.07) is 1.13. The Labute approximate surface area is 176 Å². The van der Waals surface area contributed by atoms with Crippen LogP contribution in [0.1, 0.15) is 12.8 Å². The Bertz CT molecular complexity index is 496. The molecule has 0 saturated heterocycles. The van der Waals surface area contributed by atoms with Crippen molar-refractivity contribution < 1.29 is 21.9 Å². The van der Waals surface area contributed by atoms with Gasteiger partial charge >= 0.3 is 6.09 Å². The molecule has 0 radical (unpaired) electrons.